The van der Waals surface area contributed by atoms with Gasteiger partial charge in [-0.3, -0.25) is 9.59 Å². The first-order chi connectivity index (χ1) is 10.7. The normalized spacial score (nSPS) is 11.4. The van der Waals surface area contributed by atoms with Crippen LogP contribution in [0.25, 0.3) is 0 Å². The number of amides is 2. The van der Waals surface area contributed by atoms with Gasteiger partial charge in [-0.05, 0) is 52.1 Å². The van der Waals surface area contributed by atoms with Crippen LogP contribution in [0.2, 0.25) is 0 Å². The fourth-order valence-corrected chi connectivity index (χ4v) is 1.91. The molecule has 0 spiro atoms. The first kappa shape index (κ1) is 19.1. The Kier molecular flexibility index (Phi) is 7.16. The van der Waals surface area contributed by atoms with Crippen molar-refractivity contribution >= 4 is 11.8 Å². The Morgan fingerprint density at radius 2 is 1.57 bits per heavy atom. The highest BCUT2D eigenvalue weighted by molar-refractivity contribution is 6.04. The molecule has 1 rings (SSSR count). The number of carbonyl (C=O) groups is 2. The summed E-state index contributed by atoms with van der Waals surface area (Å²) in [6, 6.07) is 6.14. The van der Waals surface area contributed by atoms with Crippen molar-refractivity contribution in [2.24, 2.45) is 5.41 Å². The summed E-state index contributed by atoms with van der Waals surface area (Å²) in [5.74, 6) is -0.895. The number of rotatable bonds is 8. The second-order valence-electron chi connectivity index (χ2n) is 6.32. The van der Waals surface area contributed by atoms with E-state index in [1.165, 1.54) is 12.1 Å². The zero-order valence-electron chi connectivity index (χ0n) is 14.3. The molecule has 0 unspecified atom stereocenters. The molecule has 2 N–H and O–H groups in total. The molecule has 0 heterocycles. The summed E-state index contributed by atoms with van der Waals surface area (Å²) in [6.45, 7) is 4.82. The molecule has 1 aromatic carbocycles. The molecule has 128 valence electrons. The van der Waals surface area contributed by atoms with Crippen LogP contribution in [0.15, 0.2) is 24.3 Å². The molecule has 0 aliphatic rings. The summed E-state index contributed by atoms with van der Waals surface area (Å²) in [6.07, 6.45) is 0.588. The van der Waals surface area contributed by atoms with E-state index in [-0.39, 0.29) is 17.6 Å². The van der Waals surface area contributed by atoms with Crippen LogP contribution in [-0.2, 0) is 16.0 Å². The molecule has 0 saturated heterocycles. The topological polar surface area (TPSA) is 61.4 Å². The van der Waals surface area contributed by atoms with Crippen LogP contribution in [-0.4, -0.2) is 50.4 Å². The van der Waals surface area contributed by atoms with Gasteiger partial charge in [-0.25, -0.2) is 4.39 Å². The highest BCUT2D eigenvalue weighted by atomic mass is 19.1. The van der Waals surface area contributed by atoms with Crippen LogP contribution >= 0.6 is 0 Å². The van der Waals surface area contributed by atoms with E-state index < -0.39 is 5.41 Å². The third-order valence-corrected chi connectivity index (χ3v) is 3.59. The number of nitrogens with one attached hydrogen (secondary N) is 2. The van der Waals surface area contributed by atoms with Crippen molar-refractivity contribution in [3.05, 3.63) is 35.6 Å². The van der Waals surface area contributed by atoms with Gasteiger partial charge in [0, 0.05) is 19.6 Å². The molecular weight excluding hydrogens is 297 g/mol. The molecule has 0 aliphatic carbocycles. The Morgan fingerprint density at radius 1 is 1.04 bits per heavy atom. The Labute approximate surface area is 137 Å². The molecule has 1 aromatic rings. The summed E-state index contributed by atoms with van der Waals surface area (Å²) >= 11 is 0. The molecule has 0 bridgehead atoms. The predicted molar refractivity (Wildman–Crippen MR) is 88.5 cm³/mol. The molecule has 6 heteroatoms. The first-order valence-electron chi connectivity index (χ1n) is 7.69. The van der Waals surface area contributed by atoms with Crippen molar-refractivity contribution in [2.75, 3.05) is 33.7 Å². The quantitative estimate of drug-likeness (QED) is 0.707. The van der Waals surface area contributed by atoms with Gasteiger partial charge in [0.25, 0.3) is 0 Å². The maximum atomic E-state index is 12.8. The van der Waals surface area contributed by atoms with Crippen molar-refractivity contribution in [3.8, 4) is 0 Å². The highest BCUT2D eigenvalue weighted by Gasteiger charge is 2.35. The second-order valence-corrected chi connectivity index (χ2v) is 6.32. The van der Waals surface area contributed by atoms with Crippen LogP contribution in [0.3, 0.4) is 0 Å². The molecule has 0 atom stereocenters. The van der Waals surface area contributed by atoms with Gasteiger partial charge in [0.05, 0.1) is 0 Å². The monoisotopic (exact) mass is 323 g/mol. The Hall–Kier alpha value is -1.95. The SMILES string of the molecule is CN(C)CCNC(=O)C(C)(C)C(=O)NCCc1ccc(F)cc1. The van der Waals surface area contributed by atoms with Gasteiger partial charge < -0.3 is 15.5 Å². The van der Waals surface area contributed by atoms with Crippen LogP contribution in [0, 0.1) is 11.2 Å². The molecule has 0 fully saturated rings. The average molecular weight is 323 g/mol. The van der Waals surface area contributed by atoms with E-state index in [0.29, 0.717) is 26.1 Å². The fourth-order valence-electron chi connectivity index (χ4n) is 1.91. The van der Waals surface area contributed by atoms with E-state index in [1.807, 2.05) is 19.0 Å². The minimum atomic E-state index is -1.13. The fraction of sp³-hybridized carbons (Fsp3) is 0.529. The number of carbonyl (C=O) groups excluding carboxylic acids is 2. The summed E-state index contributed by atoms with van der Waals surface area (Å²) < 4.78 is 12.8. The average Bonchev–Trinajstić information content (AvgIpc) is 2.48. The Bertz CT molecular complexity index is 527. The van der Waals surface area contributed by atoms with Crippen molar-refractivity contribution < 1.29 is 14.0 Å². The lowest BCUT2D eigenvalue weighted by atomic mass is 9.91. The molecular formula is C17H26FN3O2. The zero-order chi connectivity index (χ0) is 17.5. The van der Waals surface area contributed by atoms with Gasteiger partial charge in [0.1, 0.15) is 11.2 Å². The van der Waals surface area contributed by atoms with E-state index in [9.17, 15) is 14.0 Å². The van der Waals surface area contributed by atoms with Crippen LogP contribution in [0.4, 0.5) is 4.39 Å². The maximum absolute atomic E-state index is 12.8. The molecule has 0 aromatic heterocycles. The number of hydrogen-bond acceptors (Lipinski definition) is 3. The smallest absolute Gasteiger partial charge is 0.235 e. The molecule has 23 heavy (non-hydrogen) atoms. The van der Waals surface area contributed by atoms with Gasteiger partial charge in [-0.2, -0.15) is 0 Å². The van der Waals surface area contributed by atoms with Gasteiger partial charge in [0.15, 0.2) is 0 Å². The second kappa shape index (κ2) is 8.62. The minimum Gasteiger partial charge on any atom is -0.355 e. The largest absolute Gasteiger partial charge is 0.355 e. The number of nitrogens with zero attached hydrogens (tertiary/aromatic N) is 1. The van der Waals surface area contributed by atoms with Crippen LogP contribution in [0.1, 0.15) is 19.4 Å². The molecule has 2 amide bonds. The third-order valence-electron chi connectivity index (χ3n) is 3.59. The van der Waals surface area contributed by atoms with E-state index >= 15 is 0 Å². The molecule has 0 aliphatic heterocycles. The standard InChI is InChI=1S/C17H26FN3O2/c1-17(2,16(23)20-11-12-21(3)4)15(22)19-10-9-13-5-7-14(18)8-6-13/h5-8H,9-12H2,1-4H3,(H,19,22)(H,20,23). The summed E-state index contributed by atoms with van der Waals surface area (Å²) in [7, 11) is 3.83. The summed E-state index contributed by atoms with van der Waals surface area (Å²) in [5.41, 5.74) is -0.199. The minimum absolute atomic E-state index is 0.284. The van der Waals surface area contributed by atoms with E-state index in [2.05, 4.69) is 10.6 Å². The van der Waals surface area contributed by atoms with E-state index in [4.69, 9.17) is 0 Å². The Morgan fingerprint density at radius 3 is 2.09 bits per heavy atom. The van der Waals surface area contributed by atoms with Crippen molar-refractivity contribution in [1.82, 2.24) is 15.5 Å². The Balaban J connectivity index is 2.41. The number of benzene rings is 1. The number of likely N-dealkylation sites (N-methyl/N-ethyl adjacent to an activating group) is 1. The highest BCUT2D eigenvalue weighted by Crippen LogP contribution is 2.15. The van der Waals surface area contributed by atoms with Gasteiger partial charge in [-0.15, -0.1) is 0 Å². The molecule has 5 nitrogen and oxygen atoms in total. The number of hydrogen-bond donors (Lipinski definition) is 2. The molecule has 0 radical (unpaired) electrons. The van der Waals surface area contributed by atoms with E-state index in [1.54, 1.807) is 26.0 Å². The van der Waals surface area contributed by atoms with Gasteiger partial charge >= 0.3 is 0 Å². The molecule has 0 saturated carbocycles. The lowest BCUT2D eigenvalue weighted by Crippen LogP contribution is -2.49. The van der Waals surface area contributed by atoms with Crippen molar-refractivity contribution in [2.45, 2.75) is 20.3 Å². The lowest BCUT2D eigenvalue weighted by molar-refractivity contribution is -0.141. The maximum Gasteiger partial charge on any atom is 0.235 e. The zero-order valence-corrected chi connectivity index (χ0v) is 14.3. The lowest BCUT2D eigenvalue weighted by Gasteiger charge is -2.23. The summed E-state index contributed by atoms with van der Waals surface area (Å²) in [4.78, 5) is 26.3. The van der Waals surface area contributed by atoms with Gasteiger partial charge in [-0.1, -0.05) is 12.1 Å². The third kappa shape index (κ3) is 6.36. The van der Waals surface area contributed by atoms with E-state index in [0.717, 1.165) is 5.56 Å². The first-order valence-corrected chi connectivity index (χ1v) is 7.69. The van der Waals surface area contributed by atoms with Crippen LogP contribution < -0.4 is 10.6 Å². The summed E-state index contributed by atoms with van der Waals surface area (Å²) in [5, 5.41) is 5.53. The predicted octanol–water partition coefficient (Wildman–Crippen LogP) is 1.19. The van der Waals surface area contributed by atoms with Crippen molar-refractivity contribution in [1.29, 1.82) is 0 Å². The van der Waals surface area contributed by atoms with Crippen LogP contribution in [0.5, 0.6) is 0 Å². The van der Waals surface area contributed by atoms with Gasteiger partial charge in [0.2, 0.25) is 11.8 Å². The van der Waals surface area contributed by atoms with Crippen molar-refractivity contribution in [3.63, 3.8) is 0 Å². The number of halogens is 1.